The summed E-state index contributed by atoms with van der Waals surface area (Å²) in [5.41, 5.74) is 0.682. The molecule has 82 valence electrons. The number of halogens is 1. The molecule has 0 saturated carbocycles. The van der Waals surface area contributed by atoms with E-state index >= 15 is 0 Å². The third-order valence-corrected chi connectivity index (χ3v) is 2.55. The number of aldehydes is 1. The zero-order valence-electron chi connectivity index (χ0n) is 8.49. The minimum absolute atomic E-state index is 0.102. The molecule has 0 aliphatic carbocycles. The third kappa shape index (κ3) is 2.28. The molecule has 5 heteroatoms. The summed E-state index contributed by atoms with van der Waals surface area (Å²) in [6.07, 6.45) is 0.569. The third-order valence-electron chi connectivity index (χ3n) is 2.04. The monoisotopic (exact) mass is 281 g/mol. The van der Waals surface area contributed by atoms with Crippen LogP contribution in [0.4, 0.5) is 0 Å². The smallest absolute Gasteiger partial charge is 0.174 e. The van der Waals surface area contributed by atoms with Gasteiger partial charge >= 0.3 is 0 Å². The minimum Gasteiger partial charge on any atom is -0.495 e. The van der Waals surface area contributed by atoms with Gasteiger partial charge in [0.05, 0.1) is 18.0 Å². The van der Waals surface area contributed by atoms with Crippen LogP contribution in [0.25, 0.3) is 0 Å². The van der Waals surface area contributed by atoms with E-state index in [9.17, 15) is 9.59 Å². The van der Waals surface area contributed by atoms with E-state index in [-0.39, 0.29) is 33.6 Å². The molecule has 0 spiro atoms. The van der Waals surface area contributed by atoms with Gasteiger partial charge in [0, 0.05) is 11.1 Å². The zero-order chi connectivity index (χ0) is 12.1. The molecule has 1 aromatic carbocycles. The van der Waals surface area contributed by atoms with Crippen LogP contribution in [0, 0.1) is 11.3 Å². The van der Waals surface area contributed by atoms with Crippen LogP contribution in [0.3, 0.4) is 0 Å². The summed E-state index contributed by atoms with van der Waals surface area (Å²) in [6.45, 7) is 0. The number of hydrogen-bond donors (Lipinski definition) is 0. The van der Waals surface area contributed by atoms with Crippen LogP contribution in [0.2, 0.25) is 0 Å². The number of carbonyl (C=O) groups excluding carboxylic acids is 2. The van der Waals surface area contributed by atoms with Gasteiger partial charge in [-0.05, 0) is 12.1 Å². The number of nitriles is 1. The Balaban J connectivity index is 3.44. The van der Waals surface area contributed by atoms with Gasteiger partial charge in [-0.25, -0.2) is 0 Å². The Kier molecular flexibility index (Phi) is 4.20. The van der Waals surface area contributed by atoms with Gasteiger partial charge in [0.1, 0.15) is 11.8 Å². The summed E-state index contributed by atoms with van der Waals surface area (Å²) >= 11 is 3.02. The van der Waals surface area contributed by atoms with Gasteiger partial charge < -0.3 is 4.74 Å². The molecular weight excluding hydrogens is 274 g/mol. The van der Waals surface area contributed by atoms with Crippen LogP contribution in [-0.2, 0) is 0 Å². The van der Waals surface area contributed by atoms with Crippen molar-refractivity contribution in [1.82, 2.24) is 0 Å². The van der Waals surface area contributed by atoms with Crippen molar-refractivity contribution in [2.45, 2.75) is 0 Å². The number of hydrogen-bond acceptors (Lipinski definition) is 4. The zero-order valence-corrected chi connectivity index (χ0v) is 10.1. The van der Waals surface area contributed by atoms with Gasteiger partial charge in [0.15, 0.2) is 12.1 Å². The van der Waals surface area contributed by atoms with Crippen molar-refractivity contribution in [1.29, 1.82) is 5.26 Å². The van der Waals surface area contributed by atoms with Crippen LogP contribution < -0.4 is 4.74 Å². The van der Waals surface area contributed by atoms with E-state index in [0.717, 1.165) is 0 Å². The van der Waals surface area contributed by atoms with Gasteiger partial charge in [-0.2, -0.15) is 5.26 Å². The van der Waals surface area contributed by atoms with E-state index in [0.29, 0.717) is 6.29 Å². The average Bonchev–Trinajstić information content (AvgIpc) is 2.35. The first-order chi connectivity index (χ1) is 7.67. The molecule has 16 heavy (non-hydrogen) atoms. The molecule has 0 unspecified atom stereocenters. The molecular formula is C11H8BrNO3. The molecule has 0 saturated heterocycles. The topological polar surface area (TPSA) is 67.2 Å². The molecule has 0 amide bonds. The molecule has 4 nitrogen and oxygen atoms in total. The number of methoxy groups -OCH3 is 1. The maximum atomic E-state index is 11.5. The summed E-state index contributed by atoms with van der Waals surface area (Å²) in [7, 11) is 1.40. The molecule has 0 aromatic heterocycles. The Labute approximate surface area is 101 Å². The highest BCUT2D eigenvalue weighted by Crippen LogP contribution is 2.22. The quantitative estimate of drug-likeness (QED) is 0.481. The van der Waals surface area contributed by atoms with Crippen molar-refractivity contribution in [3.63, 3.8) is 0 Å². The Morgan fingerprint density at radius 2 is 2.31 bits per heavy atom. The molecule has 1 aromatic rings. The summed E-state index contributed by atoms with van der Waals surface area (Å²) in [6, 6.07) is 4.67. The minimum atomic E-state index is -0.249. The van der Waals surface area contributed by atoms with E-state index in [4.69, 9.17) is 10.00 Å². The maximum Gasteiger partial charge on any atom is 0.174 e. The molecule has 1 rings (SSSR count). The Morgan fingerprint density at radius 3 is 2.75 bits per heavy atom. The Morgan fingerprint density at radius 1 is 1.62 bits per heavy atom. The lowest BCUT2D eigenvalue weighted by molar-refractivity contribution is 0.101. The first-order valence-corrected chi connectivity index (χ1v) is 5.46. The van der Waals surface area contributed by atoms with E-state index in [1.807, 2.05) is 6.07 Å². The molecule has 0 aliphatic rings. The van der Waals surface area contributed by atoms with E-state index in [2.05, 4.69) is 15.9 Å². The fourth-order valence-electron chi connectivity index (χ4n) is 1.26. The largest absolute Gasteiger partial charge is 0.495 e. The van der Waals surface area contributed by atoms with Crippen LogP contribution in [0.1, 0.15) is 26.3 Å². The lowest BCUT2D eigenvalue weighted by Gasteiger charge is -2.07. The van der Waals surface area contributed by atoms with Gasteiger partial charge in [-0.1, -0.05) is 15.9 Å². The van der Waals surface area contributed by atoms with Gasteiger partial charge in [0.25, 0.3) is 0 Å². The number of alkyl halides is 1. The SMILES string of the molecule is COc1cc(C=O)c(C(=O)CBr)cc1C#N. The number of nitrogens with zero attached hydrogens (tertiary/aromatic N) is 1. The predicted octanol–water partition coefficient (Wildman–Crippen LogP) is 1.96. The average molecular weight is 282 g/mol. The molecule has 0 aliphatic heterocycles. The lowest BCUT2D eigenvalue weighted by atomic mass is 10.0. The fourth-order valence-corrected chi connectivity index (χ4v) is 1.56. The summed E-state index contributed by atoms with van der Waals surface area (Å²) < 4.78 is 4.94. The first kappa shape index (κ1) is 12.4. The number of benzene rings is 1. The second kappa shape index (κ2) is 5.42. The van der Waals surface area contributed by atoms with E-state index < -0.39 is 0 Å². The molecule has 0 atom stereocenters. The number of rotatable bonds is 4. The number of Topliss-reactive ketones (excluding diaryl/α,β-unsaturated/α-hetero) is 1. The molecule has 0 N–H and O–H groups in total. The Bertz CT molecular complexity index is 477. The highest BCUT2D eigenvalue weighted by atomic mass is 79.9. The normalized spacial score (nSPS) is 9.31. The van der Waals surface area contributed by atoms with Crippen LogP contribution in [0.5, 0.6) is 5.75 Å². The first-order valence-electron chi connectivity index (χ1n) is 4.34. The number of carbonyl (C=O) groups is 2. The van der Waals surface area contributed by atoms with Crippen LogP contribution in [0.15, 0.2) is 12.1 Å². The van der Waals surface area contributed by atoms with Crippen molar-refractivity contribution in [3.05, 3.63) is 28.8 Å². The highest BCUT2D eigenvalue weighted by Gasteiger charge is 2.14. The van der Waals surface area contributed by atoms with E-state index in [1.54, 1.807) is 0 Å². The summed E-state index contributed by atoms with van der Waals surface area (Å²) in [5.74, 6) is 0.0389. The predicted molar refractivity (Wildman–Crippen MR) is 61.2 cm³/mol. The number of ketones is 1. The fraction of sp³-hybridized carbons (Fsp3) is 0.182. The van der Waals surface area contributed by atoms with Gasteiger partial charge in [-0.3, -0.25) is 9.59 Å². The second-order valence-electron chi connectivity index (χ2n) is 2.93. The standard InChI is InChI=1S/C11H8BrNO3/c1-16-11-3-8(6-14)9(10(15)4-12)2-7(11)5-13/h2-3,6H,4H2,1H3. The summed E-state index contributed by atoms with van der Waals surface area (Å²) in [4.78, 5) is 22.3. The highest BCUT2D eigenvalue weighted by molar-refractivity contribution is 9.09. The van der Waals surface area contributed by atoms with Crippen LogP contribution in [-0.4, -0.2) is 24.5 Å². The van der Waals surface area contributed by atoms with Crippen molar-refractivity contribution in [2.75, 3.05) is 12.4 Å². The number of ether oxygens (including phenoxy) is 1. The van der Waals surface area contributed by atoms with Gasteiger partial charge in [0.2, 0.25) is 0 Å². The van der Waals surface area contributed by atoms with Crippen molar-refractivity contribution < 1.29 is 14.3 Å². The lowest BCUT2D eigenvalue weighted by Crippen LogP contribution is -2.06. The van der Waals surface area contributed by atoms with Crippen molar-refractivity contribution in [2.24, 2.45) is 0 Å². The van der Waals surface area contributed by atoms with Crippen LogP contribution >= 0.6 is 15.9 Å². The van der Waals surface area contributed by atoms with Gasteiger partial charge in [-0.15, -0.1) is 0 Å². The summed E-state index contributed by atoms with van der Waals surface area (Å²) in [5, 5.41) is 8.95. The second-order valence-corrected chi connectivity index (χ2v) is 3.49. The molecule has 0 radical (unpaired) electrons. The maximum absolute atomic E-state index is 11.5. The van der Waals surface area contributed by atoms with Crippen molar-refractivity contribution >= 4 is 28.0 Å². The Hall–Kier alpha value is -1.67. The van der Waals surface area contributed by atoms with Crippen molar-refractivity contribution in [3.8, 4) is 11.8 Å². The molecule has 0 heterocycles. The van der Waals surface area contributed by atoms with E-state index in [1.165, 1.54) is 19.2 Å². The molecule has 0 bridgehead atoms. The molecule has 0 fully saturated rings.